The van der Waals surface area contributed by atoms with Crippen molar-refractivity contribution in [2.45, 2.75) is 13.1 Å². The summed E-state index contributed by atoms with van der Waals surface area (Å²) in [5.41, 5.74) is 7.68. The van der Waals surface area contributed by atoms with Gasteiger partial charge < -0.3 is 10.6 Å². The number of carbonyl (C=O) groups is 1. The Morgan fingerprint density at radius 2 is 1.86 bits per heavy atom. The van der Waals surface area contributed by atoms with Crippen molar-refractivity contribution < 1.29 is 18.0 Å². The summed E-state index contributed by atoms with van der Waals surface area (Å²) in [4.78, 5) is 15.2. The van der Waals surface area contributed by atoms with Crippen LogP contribution >= 0.6 is 0 Å². The molecule has 0 saturated carbocycles. The third-order valence-corrected chi connectivity index (χ3v) is 3.59. The molecule has 1 amide bonds. The zero-order valence-electron chi connectivity index (χ0n) is 11.8. The van der Waals surface area contributed by atoms with Gasteiger partial charge in [-0.2, -0.15) is 13.2 Å². The van der Waals surface area contributed by atoms with Gasteiger partial charge in [0.2, 0.25) is 0 Å². The van der Waals surface area contributed by atoms with Crippen LogP contribution in [-0.2, 0) is 0 Å². The summed E-state index contributed by atoms with van der Waals surface area (Å²) in [5.74, 6) is -0.187. The molecule has 0 aliphatic carbocycles. The van der Waals surface area contributed by atoms with Crippen molar-refractivity contribution in [3.05, 3.63) is 29.3 Å². The number of alkyl halides is 3. The predicted molar refractivity (Wildman–Crippen MR) is 74.0 cm³/mol. The molecule has 1 fully saturated rings. The Kier molecular flexibility index (Phi) is 4.41. The number of nitrogens with two attached hydrogens (primary N) is 1. The molecule has 116 valence electrons. The largest absolute Gasteiger partial charge is 0.401 e. The number of hydrogen-bond acceptors (Lipinski definition) is 3. The van der Waals surface area contributed by atoms with Crippen LogP contribution in [0.25, 0.3) is 0 Å². The first-order valence-electron chi connectivity index (χ1n) is 6.71. The van der Waals surface area contributed by atoms with Crippen LogP contribution in [0, 0.1) is 6.92 Å². The lowest BCUT2D eigenvalue weighted by Gasteiger charge is -2.35. The van der Waals surface area contributed by atoms with Gasteiger partial charge in [0.15, 0.2) is 0 Å². The van der Waals surface area contributed by atoms with E-state index < -0.39 is 12.7 Å². The number of rotatable bonds is 2. The minimum absolute atomic E-state index is 0.187. The van der Waals surface area contributed by atoms with Gasteiger partial charge in [0.25, 0.3) is 5.91 Å². The fourth-order valence-electron chi connectivity index (χ4n) is 2.32. The number of piperazine rings is 1. The molecule has 0 atom stereocenters. The SMILES string of the molecule is Cc1ccc(C(=O)N2CCN(CC(F)(F)F)CC2)cc1N. The second-order valence-electron chi connectivity index (χ2n) is 5.25. The summed E-state index contributed by atoms with van der Waals surface area (Å²) in [5, 5.41) is 0. The van der Waals surface area contributed by atoms with Crippen molar-refractivity contribution in [3.63, 3.8) is 0 Å². The van der Waals surface area contributed by atoms with Gasteiger partial charge in [-0.1, -0.05) is 6.07 Å². The van der Waals surface area contributed by atoms with E-state index in [-0.39, 0.29) is 19.0 Å². The van der Waals surface area contributed by atoms with Gasteiger partial charge in [-0.25, -0.2) is 0 Å². The minimum atomic E-state index is -4.20. The van der Waals surface area contributed by atoms with Gasteiger partial charge in [-0.15, -0.1) is 0 Å². The monoisotopic (exact) mass is 301 g/mol. The van der Waals surface area contributed by atoms with Crippen LogP contribution in [-0.4, -0.2) is 54.6 Å². The van der Waals surface area contributed by atoms with Gasteiger partial charge >= 0.3 is 6.18 Å². The highest BCUT2D eigenvalue weighted by atomic mass is 19.4. The lowest BCUT2D eigenvalue weighted by Crippen LogP contribution is -2.50. The van der Waals surface area contributed by atoms with E-state index in [2.05, 4.69) is 0 Å². The highest BCUT2D eigenvalue weighted by Gasteiger charge is 2.32. The first kappa shape index (κ1) is 15.6. The molecule has 0 radical (unpaired) electrons. The first-order valence-corrected chi connectivity index (χ1v) is 6.71. The summed E-state index contributed by atoms with van der Waals surface area (Å²) < 4.78 is 36.9. The quantitative estimate of drug-likeness (QED) is 0.849. The Morgan fingerprint density at radius 1 is 1.24 bits per heavy atom. The Labute approximate surface area is 121 Å². The number of hydrogen-bond donors (Lipinski definition) is 1. The summed E-state index contributed by atoms with van der Waals surface area (Å²) in [7, 11) is 0. The van der Waals surface area contributed by atoms with Crippen molar-refractivity contribution in [3.8, 4) is 0 Å². The number of nitrogen functional groups attached to an aromatic ring is 1. The van der Waals surface area contributed by atoms with Gasteiger partial charge in [0.05, 0.1) is 6.54 Å². The van der Waals surface area contributed by atoms with Crippen LogP contribution in [0.3, 0.4) is 0 Å². The second-order valence-corrected chi connectivity index (χ2v) is 5.25. The van der Waals surface area contributed by atoms with Crippen molar-refractivity contribution in [1.29, 1.82) is 0 Å². The maximum Gasteiger partial charge on any atom is 0.401 e. The molecule has 4 nitrogen and oxygen atoms in total. The van der Waals surface area contributed by atoms with Gasteiger partial charge in [0, 0.05) is 37.4 Å². The van der Waals surface area contributed by atoms with Crippen molar-refractivity contribution in [2.75, 3.05) is 38.5 Å². The molecule has 1 saturated heterocycles. The molecule has 1 aliphatic heterocycles. The van der Waals surface area contributed by atoms with Crippen LogP contribution in [0.1, 0.15) is 15.9 Å². The lowest BCUT2D eigenvalue weighted by molar-refractivity contribution is -0.148. The third-order valence-electron chi connectivity index (χ3n) is 3.59. The highest BCUT2D eigenvalue weighted by Crippen LogP contribution is 2.19. The molecular formula is C14H18F3N3O. The normalized spacial score (nSPS) is 17.0. The molecule has 21 heavy (non-hydrogen) atoms. The molecule has 0 aromatic heterocycles. The molecule has 0 bridgehead atoms. The third kappa shape index (κ3) is 4.10. The van der Waals surface area contributed by atoms with Crippen LogP contribution in [0.5, 0.6) is 0 Å². The van der Waals surface area contributed by atoms with E-state index in [4.69, 9.17) is 5.73 Å². The molecule has 2 N–H and O–H groups in total. The van der Waals surface area contributed by atoms with E-state index in [1.54, 1.807) is 23.1 Å². The zero-order chi connectivity index (χ0) is 15.6. The Balaban J connectivity index is 1.95. The van der Waals surface area contributed by atoms with Gasteiger partial charge in [0.1, 0.15) is 0 Å². The Hall–Kier alpha value is -1.76. The average molecular weight is 301 g/mol. The fourth-order valence-corrected chi connectivity index (χ4v) is 2.32. The summed E-state index contributed by atoms with van der Waals surface area (Å²) in [6, 6.07) is 5.07. The fraction of sp³-hybridized carbons (Fsp3) is 0.500. The second kappa shape index (κ2) is 5.93. The maximum atomic E-state index is 12.3. The molecule has 2 rings (SSSR count). The number of benzene rings is 1. The number of halogens is 3. The number of aryl methyl sites for hydroxylation is 1. The molecule has 0 spiro atoms. The topological polar surface area (TPSA) is 49.6 Å². The van der Waals surface area contributed by atoms with Crippen molar-refractivity contribution >= 4 is 11.6 Å². The maximum absolute atomic E-state index is 12.3. The van der Waals surface area contributed by atoms with E-state index in [9.17, 15) is 18.0 Å². The first-order chi connectivity index (χ1) is 9.76. The van der Waals surface area contributed by atoms with Crippen LogP contribution in [0.4, 0.5) is 18.9 Å². The summed E-state index contributed by atoms with van der Waals surface area (Å²) in [6.07, 6.45) is -4.20. The number of amides is 1. The van der Waals surface area contributed by atoms with Gasteiger partial charge in [-0.3, -0.25) is 9.69 Å². The van der Waals surface area contributed by atoms with E-state index in [1.807, 2.05) is 6.92 Å². The zero-order valence-corrected chi connectivity index (χ0v) is 11.8. The molecule has 1 aromatic carbocycles. The molecule has 1 aromatic rings. The van der Waals surface area contributed by atoms with E-state index in [0.29, 0.717) is 24.3 Å². The molecule has 1 heterocycles. The number of nitrogens with zero attached hydrogens (tertiary/aromatic N) is 2. The number of anilines is 1. The van der Waals surface area contributed by atoms with Crippen molar-refractivity contribution in [2.24, 2.45) is 0 Å². The Bertz CT molecular complexity index is 523. The standard InChI is InChI=1S/C14H18F3N3O/c1-10-2-3-11(8-12(10)18)13(21)20-6-4-19(5-7-20)9-14(15,16)17/h2-3,8H,4-7,9,18H2,1H3. The number of carbonyl (C=O) groups excluding carboxylic acids is 1. The van der Waals surface area contributed by atoms with Crippen molar-refractivity contribution in [1.82, 2.24) is 9.80 Å². The smallest absolute Gasteiger partial charge is 0.398 e. The molecular weight excluding hydrogens is 283 g/mol. The minimum Gasteiger partial charge on any atom is -0.398 e. The molecule has 7 heteroatoms. The lowest BCUT2D eigenvalue weighted by atomic mass is 10.1. The van der Waals surface area contributed by atoms with Crippen LogP contribution < -0.4 is 5.73 Å². The Morgan fingerprint density at radius 3 is 2.38 bits per heavy atom. The van der Waals surface area contributed by atoms with E-state index >= 15 is 0 Å². The average Bonchev–Trinajstić information content (AvgIpc) is 2.40. The summed E-state index contributed by atoms with van der Waals surface area (Å²) >= 11 is 0. The highest BCUT2D eigenvalue weighted by molar-refractivity contribution is 5.95. The van der Waals surface area contributed by atoms with E-state index in [0.717, 1.165) is 5.56 Å². The van der Waals surface area contributed by atoms with E-state index in [1.165, 1.54) is 4.90 Å². The molecule has 1 aliphatic rings. The van der Waals surface area contributed by atoms with Gasteiger partial charge in [-0.05, 0) is 24.6 Å². The summed E-state index contributed by atoms with van der Waals surface area (Å²) in [6.45, 7) is 1.97. The predicted octanol–water partition coefficient (Wildman–Crippen LogP) is 1.90. The molecule has 0 unspecified atom stereocenters. The van der Waals surface area contributed by atoms with Crippen LogP contribution in [0.15, 0.2) is 18.2 Å². The van der Waals surface area contributed by atoms with Crippen LogP contribution in [0.2, 0.25) is 0 Å².